The summed E-state index contributed by atoms with van der Waals surface area (Å²) in [7, 11) is 2.15. The van der Waals surface area contributed by atoms with Crippen LogP contribution in [0.4, 0.5) is 0 Å². The maximum Gasteiger partial charge on any atom is 0.141 e. The summed E-state index contributed by atoms with van der Waals surface area (Å²) in [4.78, 5) is 6.69. The minimum absolute atomic E-state index is 0.438. The molecule has 0 saturated heterocycles. The Morgan fingerprint density at radius 1 is 1.50 bits per heavy atom. The zero-order chi connectivity index (χ0) is 13.1. The molecule has 0 unspecified atom stereocenters. The first kappa shape index (κ1) is 13.5. The van der Waals surface area contributed by atoms with Crippen LogP contribution in [-0.4, -0.2) is 39.3 Å². The lowest BCUT2D eigenvalue weighted by molar-refractivity contribution is 0.174. The monoisotopic (exact) mass is 251 g/mol. The lowest BCUT2D eigenvalue weighted by atomic mass is 9.81. The minimum atomic E-state index is 0.438. The number of nitrogens with two attached hydrogens (primary N) is 1. The molecular weight excluding hydrogens is 226 g/mol. The van der Waals surface area contributed by atoms with Crippen molar-refractivity contribution in [2.45, 2.75) is 45.8 Å². The van der Waals surface area contributed by atoms with Gasteiger partial charge in [-0.25, -0.2) is 9.67 Å². The van der Waals surface area contributed by atoms with Crippen LogP contribution >= 0.6 is 0 Å². The third-order valence-electron chi connectivity index (χ3n) is 3.49. The van der Waals surface area contributed by atoms with Crippen LogP contribution in [-0.2, 0) is 13.1 Å². The molecule has 1 aromatic heterocycles. The number of rotatable bonds is 6. The fourth-order valence-electron chi connectivity index (χ4n) is 2.59. The van der Waals surface area contributed by atoms with Gasteiger partial charge in [-0.15, -0.1) is 0 Å². The van der Waals surface area contributed by atoms with Crippen molar-refractivity contribution in [3.63, 3.8) is 0 Å². The van der Waals surface area contributed by atoms with E-state index in [2.05, 4.69) is 35.9 Å². The van der Waals surface area contributed by atoms with E-state index >= 15 is 0 Å². The molecule has 0 aliphatic heterocycles. The standard InChI is InChI=1S/C13H25N5/c1-10(2)6-18-13(15-9-16-18)8-17(3)7-11-4-12(14)5-11/h9-12H,4-8,14H2,1-3H3. The molecule has 102 valence electrons. The molecule has 1 aromatic rings. The first-order valence-corrected chi connectivity index (χ1v) is 6.85. The summed E-state index contributed by atoms with van der Waals surface area (Å²) in [6.07, 6.45) is 4.00. The van der Waals surface area contributed by atoms with E-state index in [-0.39, 0.29) is 0 Å². The quantitative estimate of drug-likeness (QED) is 0.822. The van der Waals surface area contributed by atoms with Gasteiger partial charge in [-0.2, -0.15) is 5.10 Å². The zero-order valence-corrected chi connectivity index (χ0v) is 11.7. The highest BCUT2D eigenvalue weighted by Crippen LogP contribution is 2.26. The van der Waals surface area contributed by atoms with Gasteiger partial charge in [0.25, 0.3) is 0 Å². The van der Waals surface area contributed by atoms with Gasteiger partial charge in [-0.3, -0.25) is 4.90 Å². The van der Waals surface area contributed by atoms with Crippen molar-refractivity contribution in [3.05, 3.63) is 12.2 Å². The first-order valence-electron chi connectivity index (χ1n) is 6.85. The predicted octanol–water partition coefficient (Wildman–Crippen LogP) is 1.10. The van der Waals surface area contributed by atoms with Gasteiger partial charge >= 0.3 is 0 Å². The van der Waals surface area contributed by atoms with Gasteiger partial charge in [0, 0.05) is 19.1 Å². The Hall–Kier alpha value is -0.940. The van der Waals surface area contributed by atoms with E-state index in [9.17, 15) is 0 Å². The molecule has 5 nitrogen and oxygen atoms in total. The highest BCUT2D eigenvalue weighted by atomic mass is 15.3. The van der Waals surface area contributed by atoms with Gasteiger partial charge in [0.15, 0.2) is 0 Å². The Balaban J connectivity index is 1.82. The van der Waals surface area contributed by atoms with E-state index in [1.807, 2.05) is 4.68 Å². The Kier molecular flexibility index (Phi) is 4.35. The Morgan fingerprint density at radius 2 is 2.22 bits per heavy atom. The topological polar surface area (TPSA) is 60.0 Å². The summed E-state index contributed by atoms with van der Waals surface area (Å²) in [5.41, 5.74) is 5.81. The van der Waals surface area contributed by atoms with E-state index in [0.717, 1.165) is 31.4 Å². The average molecular weight is 251 g/mol. The van der Waals surface area contributed by atoms with Gasteiger partial charge in [0.1, 0.15) is 12.2 Å². The summed E-state index contributed by atoms with van der Waals surface area (Å²) in [6, 6.07) is 0.438. The largest absolute Gasteiger partial charge is 0.328 e. The number of hydrogen-bond donors (Lipinski definition) is 1. The molecule has 18 heavy (non-hydrogen) atoms. The summed E-state index contributed by atoms with van der Waals surface area (Å²) < 4.78 is 2.02. The molecule has 0 atom stereocenters. The van der Waals surface area contributed by atoms with Crippen molar-refractivity contribution in [3.8, 4) is 0 Å². The molecular formula is C13H25N5. The van der Waals surface area contributed by atoms with Crippen molar-refractivity contribution >= 4 is 0 Å². The fraction of sp³-hybridized carbons (Fsp3) is 0.846. The molecule has 1 heterocycles. The van der Waals surface area contributed by atoms with Gasteiger partial charge in [0.05, 0.1) is 6.54 Å². The van der Waals surface area contributed by atoms with Crippen LogP contribution < -0.4 is 5.73 Å². The summed E-state index contributed by atoms with van der Waals surface area (Å²) in [5.74, 6) is 2.43. The molecule has 5 heteroatoms. The minimum Gasteiger partial charge on any atom is -0.328 e. The lowest BCUT2D eigenvalue weighted by Gasteiger charge is -2.35. The lowest BCUT2D eigenvalue weighted by Crippen LogP contribution is -2.41. The van der Waals surface area contributed by atoms with E-state index in [1.165, 1.54) is 12.8 Å². The Morgan fingerprint density at radius 3 is 2.83 bits per heavy atom. The molecule has 2 rings (SSSR count). The van der Waals surface area contributed by atoms with Gasteiger partial charge in [0.2, 0.25) is 0 Å². The Bertz CT molecular complexity index is 367. The molecule has 0 radical (unpaired) electrons. The fourth-order valence-corrected chi connectivity index (χ4v) is 2.59. The van der Waals surface area contributed by atoms with Crippen LogP contribution in [0.3, 0.4) is 0 Å². The van der Waals surface area contributed by atoms with Crippen LogP contribution in [0.25, 0.3) is 0 Å². The second-order valence-corrected chi connectivity index (χ2v) is 6.05. The van der Waals surface area contributed by atoms with E-state index in [0.29, 0.717) is 12.0 Å². The molecule has 1 aliphatic rings. The predicted molar refractivity (Wildman–Crippen MR) is 71.9 cm³/mol. The van der Waals surface area contributed by atoms with Crippen LogP contribution in [0.5, 0.6) is 0 Å². The summed E-state index contributed by atoms with van der Waals surface area (Å²) >= 11 is 0. The van der Waals surface area contributed by atoms with Crippen molar-refractivity contribution in [2.24, 2.45) is 17.6 Å². The van der Waals surface area contributed by atoms with E-state index in [1.54, 1.807) is 6.33 Å². The molecule has 2 N–H and O–H groups in total. The molecule has 0 spiro atoms. The highest BCUT2D eigenvalue weighted by Gasteiger charge is 2.26. The van der Waals surface area contributed by atoms with Gasteiger partial charge < -0.3 is 5.73 Å². The molecule has 0 aromatic carbocycles. The van der Waals surface area contributed by atoms with Gasteiger partial charge in [-0.05, 0) is 31.7 Å². The number of aromatic nitrogens is 3. The summed E-state index contributed by atoms with van der Waals surface area (Å²) in [6.45, 7) is 7.33. The summed E-state index contributed by atoms with van der Waals surface area (Å²) in [5, 5.41) is 4.29. The van der Waals surface area contributed by atoms with Gasteiger partial charge in [-0.1, -0.05) is 13.8 Å². The maximum atomic E-state index is 5.81. The SMILES string of the molecule is CC(C)Cn1ncnc1CN(C)CC1CC(N)C1. The van der Waals surface area contributed by atoms with Crippen LogP contribution in [0.2, 0.25) is 0 Å². The molecule has 1 saturated carbocycles. The third kappa shape index (κ3) is 3.53. The highest BCUT2D eigenvalue weighted by molar-refractivity contribution is 4.87. The zero-order valence-electron chi connectivity index (χ0n) is 11.7. The van der Waals surface area contributed by atoms with Crippen LogP contribution in [0, 0.1) is 11.8 Å². The second-order valence-electron chi connectivity index (χ2n) is 6.05. The van der Waals surface area contributed by atoms with Crippen LogP contribution in [0.1, 0.15) is 32.5 Å². The maximum absolute atomic E-state index is 5.81. The first-order chi connectivity index (χ1) is 8.54. The number of hydrogen-bond acceptors (Lipinski definition) is 4. The van der Waals surface area contributed by atoms with Crippen molar-refractivity contribution in [2.75, 3.05) is 13.6 Å². The smallest absolute Gasteiger partial charge is 0.141 e. The van der Waals surface area contributed by atoms with E-state index < -0.39 is 0 Å². The van der Waals surface area contributed by atoms with Crippen molar-refractivity contribution < 1.29 is 0 Å². The Labute approximate surface area is 109 Å². The molecule has 1 fully saturated rings. The molecule has 1 aliphatic carbocycles. The second kappa shape index (κ2) is 5.80. The normalized spacial score (nSPS) is 23.7. The van der Waals surface area contributed by atoms with Crippen molar-refractivity contribution in [1.29, 1.82) is 0 Å². The van der Waals surface area contributed by atoms with E-state index in [4.69, 9.17) is 5.73 Å². The average Bonchev–Trinajstić information content (AvgIpc) is 2.62. The molecule has 0 amide bonds. The number of nitrogens with zero attached hydrogens (tertiary/aromatic N) is 4. The van der Waals surface area contributed by atoms with Crippen LogP contribution in [0.15, 0.2) is 6.33 Å². The third-order valence-corrected chi connectivity index (χ3v) is 3.49. The van der Waals surface area contributed by atoms with Crippen molar-refractivity contribution in [1.82, 2.24) is 19.7 Å². The molecule has 0 bridgehead atoms.